The van der Waals surface area contributed by atoms with Crippen molar-refractivity contribution in [1.29, 1.82) is 0 Å². The fourth-order valence-electron chi connectivity index (χ4n) is 1.30. The standard InChI is InChI=1S/C10H9F3O3S/c1-15-7-4-5(9(14)17)3-6(8(7)16-2)10(11,12)13/h3-4H,1-2H3,(H,14,17). The van der Waals surface area contributed by atoms with Crippen molar-refractivity contribution in [1.82, 2.24) is 0 Å². The number of rotatable bonds is 3. The van der Waals surface area contributed by atoms with Crippen molar-refractivity contribution in [3.8, 4) is 11.5 Å². The van der Waals surface area contributed by atoms with E-state index in [9.17, 15) is 18.0 Å². The number of hydrogen-bond acceptors (Lipinski definition) is 3. The molecular weight excluding hydrogens is 257 g/mol. The van der Waals surface area contributed by atoms with Gasteiger partial charge in [-0.05, 0) is 12.1 Å². The molecule has 0 saturated carbocycles. The van der Waals surface area contributed by atoms with Gasteiger partial charge in [-0.3, -0.25) is 4.79 Å². The van der Waals surface area contributed by atoms with Crippen molar-refractivity contribution in [2.75, 3.05) is 14.2 Å². The molecule has 1 rings (SSSR count). The first-order valence-corrected chi connectivity index (χ1v) is 4.82. The van der Waals surface area contributed by atoms with E-state index in [4.69, 9.17) is 4.74 Å². The minimum Gasteiger partial charge on any atom is -0.493 e. The number of benzene rings is 1. The summed E-state index contributed by atoms with van der Waals surface area (Å²) in [5.74, 6) is -0.627. The molecule has 0 aliphatic heterocycles. The lowest BCUT2D eigenvalue weighted by Gasteiger charge is -2.15. The first kappa shape index (κ1) is 13.7. The van der Waals surface area contributed by atoms with Gasteiger partial charge in [-0.15, -0.1) is 12.6 Å². The Morgan fingerprint density at radius 1 is 1.24 bits per heavy atom. The average Bonchev–Trinajstić information content (AvgIpc) is 2.25. The van der Waals surface area contributed by atoms with Gasteiger partial charge in [-0.25, -0.2) is 0 Å². The number of thiol groups is 1. The van der Waals surface area contributed by atoms with Crippen LogP contribution in [-0.4, -0.2) is 19.3 Å². The van der Waals surface area contributed by atoms with E-state index in [1.807, 2.05) is 0 Å². The van der Waals surface area contributed by atoms with Crippen LogP contribution < -0.4 is 9.47 Å². The van der Waals surface area contributed by atoms with Crippen LogP contribution in [0.15, 0.2) is 12.1 Å². The summed E-state index contributed by atoms with van der Waals surface area (Å²) < 4.78 is 47.6. The van der Waals surface area contributed by atoms with Crippen molar-refractivity contribution in [3.05, 3.63) is 23.3 Å². The quantitative estimate of drug-likeness (QED) is 0.854. The lowest BCUT2D eigenvalue weighted by Crippen LogP contribution is -2.10. The van der Waals surface area contributed by atoms with Crippen LogP contribution in [0.4, 0.5) is 13.2 Å². The molecule has 0 atom stereocenters. The molecule has 0 aliphatic carbocycles. The Kier molecular flexibility index (Phi) is 3.92. The van der Waals surface area contributed by atoms with E-state index in [2.05, 4.69) is 17.4 Å². The van der Waals surface area contributed by atoms with E-state index < -0.39 is 22.6 Å². The van der Waals surface area contributed by atoms with E-state index in [0.29, 0.717) is 6.07 Å². The molecule has 0 aliphatic rings. The Balaban J connectivity index is 3.54. The molecule has 0 saturated heterocycles. The summed E-state index contributed by atoms with van der Waals surface area (Å²) in [5, 5.41) is -0.781. The smallest absolute Gasteiger partial charge is 0.420 e. The van der Waals surface area contributed by atoms with Gasteiger partial charge >= 0.3 is 6.18 Å². The molecule has 1 aromatic carbocycles. The zero-order valence-corrected chi connectivity index (χ0v) is 9.85. The van der Waals surface area contributed by atoms with Crippen molar-refractivity contribution in [2.24, 2.45) is 0 Å². The van der Waals surface area contributed by atoms with Gasteiger partial charge in [-0.2, -0.15) is 13.2 Å². The third-order valence-corrected chi connectivity index (χ3v) is 2.29. The van der Waals surface area contributed by atoms with Crippen LogP contribution in [-0.2, 0) is 6.18 Å². The molecule has 0 fully saturated rings. The zero-order valence-electron chi connectivity index (χ0n) is 8.96. The van der Waals surface area contributed by atoms with Crippen LogP contribution in [0.5, 0.6) is 11.5 Å². The summed E-state index contributed by atoms with van der Waals surface area (Å²) in [6.45, 7) is 0. The molecule has 0 radical (unpaired) electrons. The lowest BCUT2D eigenvalue weighted by molar-refractivity contribution is -0.138. The van der Waals surface area contributed by atoms with Gasteiger partial charge in [-0.1, -0.05) is 0 Å². The van der Waals surface area contributed by atoms with Gasteiger partial charge in [0.2, 0.25) is 5.12 Å². The molecule has 0 aromatic heterocycles. The second-order valence-electron chi connectivity index (χ2n) is 3.06. The first-order valence-electron chi connectivity index (χ1n) is 4.37. The number of alkyl halides is 3. The van der Waals surface area contributed by atoms with Crippen molar-refractivity contribution in [3.63, 3.8) is 0 Å². The summed E-state index contributed by atoms with van der Waals surface area (Å²) in [7, 11) is 2.28. The van der Waals surface area contributed by atoms with Crippen LogP contribution >= 0.6 is 12.6 Å². The van der Waals surface area contributed by atoms with Crippen LogP contribution in [0.2, 0.25) is 0 Å². The minimum absolute atomic E-state index is 0.167. The fraction of sp³-hybridized carbons (Fsp3) is 0.300. The van der Waals surface area contributed by atoms with Gasteiger partial charge in [0.25, 0.3) is 0 Å². The SMILES string of the molecule is COc1cc(C(=O)S)cc(C(F)(F)F)c1OC. The average molecular weight is 266 g/mol. The van der Waals surface area contributed by atoms with Crippen LogP contribution in [0.3, 0.4) is 0 Å². The molecule has 0 spiro atoms. The van der Waals surface area contributed by atoms with Crippen molar-refractivity contribution >= 4 is 17.7 Å². The highest BCUT2D eigenvalue weighted by molar-refractivity contribution is 7.97. The second kappa shape index (κ2) is 4.87. The molecule has 3 nitrogen and oxygen atoms in total. The summed E-state index contributed by atoms with van der Waals surface area (Å²) in [6, 6.07) is 1.82. The van der Waals surface area contributed by atoms with Crippen LogP contribution in [0.1, 0.15) is 15.9 Å². The molecular formula is C10H9F3O3S. The third-order valence-electron chi connectivity index (χ3n) is 2.03. The molecule has 0 N–H and O–H groups in total. The van der Waals surface area contributed by atoms with Gasteiger partial charge < -0.3 is 9.47 Å². The van der Waals surface area contributed by atoms with Gasteiger partial charge in [0.05, 0.1) is 14.2 Å². The topological polar surface area (TPSA) is 35.5 Å². The maximum absolute atomic E-state index is 12.7. The Labute approximate surface area is 101 Å². The Morgan fingerprint density at radius 2 is 1.82 bits per heavy atom. The Hall–Kier alpha value is -1.37. The second-order valence-corrected chi connectivity index (χ2v) is 3.47. The summed E-state index contributed by atoms with van der Waals surface area (Å²) >= 11 is 3.48. The number of carbonyl (C=O) groups is 1. The molecule has 17 heavy (non-hydrogen) atoms. The Morgan fingerprint density at radius 3 is 2.18 bits per heavy atom. The molecule has 0 bridgehead atoms. The third kappa shape index (κ3) is 2.85. The first-order chi connectivity index (χ1) is 7.81. The number of hydrogen-bond donors (Lipinski definition) is 1. The Bertz CT molecular complexity index is 443. The predicted molar refractivity (Wildman–Crippen MR) is 57.9 cm³/mol. The largest absolute Gasteiger partial charge is 0.493 e. The highest BCUT2D eigenvalue weighted by Crippen LogP contribution is 2.42. The maximum Gasteiger partial charge on any atom is 0.420 e. The summed E-state index contributed by atoms with van der Waals surface area (Å²) in [6.07, 6.45) is -4.64. The van der Waals surface area contributed by atoms with Crippen molar-refractivity contribution in [2.45, 2.75) is 6.18 Å². The van der Waals surface area contributed by atoms with E-state index in [1.165, 1.54) is 7.11 Å². The summed E-state index contributed by atoms with van der Waals surface area (Å²) in [5.41, 5.74) is -1.28. The van der Waals surface area contributed by atoms with Gasteiger partial charge in [0.1, 0.15) is 5.56 Å². The number of ether oxygens (including phenoxy) is 2. The van der Waals surface area contributed by atoms with Crippen molar-refractivity contribution < 1.29 is 27.4 Å². The number of halogens is 3. The normalized spacial score (nSPS) is 11.2. The van der Waals surface area contributed by atoms with E-state index in [1.54, 1.807) is 0 Å². The molecule has 1 aromatic rings. The highest BCUT2D eigenvalue weighted by Gasteiger charge is 2.36. The van der Waals surface area contributed by atoms with E-state index in [-0.39, 0.29) is 11.3 Å². The molecule has 94 valence electrons. The molecule has 0 heterocycles. The maximum atomic E-state index is 12.7. The minimum atomic E-state index is -4.64. The fourth-order valence-corrected chi connectivity index (χ4v) is 1.43. The summed E-state index contributed by atoms with van der Waals surface area (Å²) in [4.78, 5) is 11.0. The molecule has 0 amide bonds. The number of methoxy groups -OCH3 is 2. The van der Waals surface area contributed by atoms with E-state index in [0.717, 1.165) is 13.2 Å². The van der Waals surface area contributed by atoms with Gasteiger partial charge in [0.15, 0.2) is 11.5 Å². The van der Waals surface area contributed by atoms with E-state index >= 15 is 0 Å². The monoisotopic (exact) mass is 266 g/mol. The van der Waals surface area contributed by atoms with Crippen LogP contribution in [0.25, 0.3) is 0 Å². The molecule has 0 unspecified atom stereocenters. The highest BCUT2D eigenvalue weighted by atomic mass is 32.1. The van der Waals surface area contributed by atoms with Crippen LogP contribution in [0, 0.1) is 0 Å². The lowest BCUT2D eigenvalue weighted by atomic mass is 10.1. The zero-order chi connectivity index (χ0) is 13.2. The van der Waals surface area contributed by atoms with Gasteiger partial charge in [0, 0.05) is 5.56 Å². The molecule has 7 heteroatoms. The number of carbonyl (C=O) groups excluding carboxylic acids is 1. The predicted octanol–water partition coefficient (Wildman–Crippen LogP) is 2.79.